The number of aliphatic hydroxyl groups is 1. The Kier molecular flexibility index (Phi) is 9.27. The average Bonchev–Trinajstić information content (AvgIpc) is 3.64. The van der Waals surface area contributed by atoms with Crippen LogP contribution in [0.25, 0.3) is 22.2 Å². The van der Waals surface area contributed by atoms with Crippen molar-refractivity contribution in [1.29, 1.82) is 0 Å². The zero-order valence-corrected chi connectivity index (χ0v) is 28.6. The molecule has 9 nitrogen and oxygen atoms in total. The largest absolute Gasteiger partial charge is 0.510 e. The normalized spacial score (nSPS) is 24.9. The summed E-state index contributed by atoms with van der Waals surface area (Å²) in [7, 11) is 1.62. The van der Waals surface area contributed by atoms with Gasteiger partial charge in [-0.25, -0.2) is 4.98 Å². The average molecular weight is 653 g/mol. The molecule has 254 valence electrons. The lowest BCUT2D eigenvalue weighted by molar-refractivity contribution is -0.147. The standard InChI is InChI=1S/C39H48N4O5/c1-7-27-23-39(27,25(2)44)41-36(45)33-21-29(24-43(33)37(46)35(38(3,4)5)42-18-12-9-13-19-42)48-34-22-31(26-14-10-8-11-15-26)40-32-20-28(47-6)16-17-30(32)34/h7-8,10-11,14-17,20,22,27,29,33,35,44H,1-2,9,12-13,18-19,21,23-24H2,3-6H3,(H,41,45)/t27?,29-,33+,35-,39?/m1/s1. The van der Waals surface area contributed by atoms with Crippen molar-refractivity contribution in [3.63, 3.8) is 0 Å². The van der Waals surface area contributed by atoms with Gasteiger partial charge in [0.15, 0.2) is 0 Å². The lowest BCUT2D eigenvalue weighted by Gasteiger charge is -2.43. The van der Waals surface area contributed by atoms with E-state index in [0.717, 1.165) is 54.5 Å². The van der Waals surface area contributed by atoms with Crippen LogP contribution < -0.4 is 14.8 Å². The third-order valence-electron chi connectivity index (χ3n) is 10.2. The molecular weight excluding hydrogens is 604 g/mol. The van der Waals surface area contributed by atoms with Gasteiger partial charge in [-0.1, -0.05) is 70.2 Å². The van der Waals surface area contributed by atoms with Crippen LogP contribution in [0, 0.1) is 11.3 Å². The molecule has 3 aromatic rings. The summed E-state index contributed by atoms with van der Waals surface area (Å²) in [6, 6.07) is 16.3. The Morgan fingerprint density at radius 3 is 2.46 bits per heavy atom. The molecule has 3 fully saturated rings. The van der Waals surface area contributed by atoms with Gasteiger partial charge >= 0.3 is 0 Å². The Morgan fingerprint density at radius 2 is 1.83 bits per heavy atom. The van der Waals surface area contributed by atoms with Gasteiger partial charge in [0, 0.05) is 35.4 Å². The molecule has 6 rings (SSSR count). The highest BCUT2D eigenvalue weighted by Gasteiger charge is 2.58. The van der Waals surface area contributed by atoms with Gasteiger partial charge in [0.1, 0.15) is 34.9 Å². The van der Waals surface area contributed by atoms with E-state index in [9.17, 15) is 14.7 Å². The highest BCUT2D eigenvalue weighted by molar-refractivity contribution is 5.92. The first-order valence-electron chi connectivity index (χ1n) is 17.0. The summed E-state index contributed by atoms with van der Waals surface area (Å²) in [5.74, 6) is 0.690. The maximum atomic E-state index is 14.7. The second-order valence-corrected chi connectivity index (χ2v) is 14.6. The van der Waals surface area contributed by atoms with Crippen LogP contribution in [0.3, 0.4) is 0 Å². The number of rotatable bonds is 10. The summed E-state index contributed by atoms with van der Waals surface area (Å²) in [5, 5.41) is 14.4. The maximum Gasteiger partial charge on any atom is 0.243 e. The van der Waals surface area contributed by atoms with Crippen LogP contribution in [-0.2, 0) is 9.59 Å². The molecule has 48 heavy (non-hydrogen) atoms. The number of hydrogen-bond donors (Lipinski definition) is 2. The van der Waals surface area contributed by atoms with Crippen LogP contribution in [0.2, 0.25) is 0 Å². The van der Waals surface area contributed by atoms with Crippen molar-refractivity contribution >= 4 is 22.7 Å². The summed E-state index contributed by atoms with van der Waals surface area (Å²) < 4.78 is 12.3. The molecule has 0 bridgehead atoms. The molecule has 2 aliphatic heterocycles. The van der Waals surface area contributed by atoms with E-state index < -0.39 is 23.7 Å². The van der Waals surface area contributed by atoms with Gasteiger partial charge in [0.05, 0.1) is 30.9 Å². The number of amides is 2. The molecule has 2 amide bonds. The van der Waals surface area contributed by atoms with Gasteiger partial charge in [-0.15, -0.1) is 6.58 Å². The number of nitrogens with zero attached hydrogens (tertiary/aromatic N) is 3. The third kappa shape index (κ3) is 6.52. The van der Waals surface area contributed by atoms with Gasteiger partial charge in [0.2, 0.25) is 11.8 Å². The second-order valence-electron chi connectivity index (χ2n) is 14.6. The number of nitrogens with one attached hydrogen (secondary N) is 1. The molecule has 2 aromatic carbocycles. The molecule has 9 heteroatoms. The molecular formula is C39H48N4O5. The predicted molar refractivity (Wildman–Crippen MR) is 188 cm³/mol. The molecule has 1 aliphatic carbocycles. The van der Waals surface area contributed by atoms with E-state index in [-0.39, 0.29) is 35.5 Å². The fourth-order valence-corrected chi connectivity index (χ4v) is 7.54. The van der Waals surface area contributed by atoms with Gasteiger partial charge in [-0.05, 0) is 49.9 Å². The lowest BCUT2D eigenvalue weighted by Crippen LogP contribution is -2.59. The fourth-order valence-electron chi connectivity index (χ4n) is 7.54. The van der Waals surface area contributed by atoms with Crippen LogP contribution in [-0.4, -0.2) is 82.2 Å². The minimum atomic E-state index is -0.965. The zero-order valence-electron chi connectivity index (χ0n) is 28.6. The van der Waals surface area contributed by atoms with Crippen LogP contribution in [0.4, 0.5) is 0 Å². The topological polar surface area (TPSA) is 104 Å². The van der Waals surface area contributed by atoms with Crippen molar-refractivity contribution in [2.75, 3.05) is 26.7 Å². The number of methoxy groups -OCH3 is 1. The van der Waals surface area contributed by atoms with Gasteiger partial charge in [-0.2, -0.15) is 0 Å². The first kappa shape index (κ1) is 33.5. The van der Waals surface area contributed by atoms with E-state index in [0.29, 0.717) is 24.3 Å². The predicted octanol–water partition coefficient (Wildman–Crippen LogP) is 6.29. The van der Waals surface area contributed by atoms with Crippen LogP contribution >= 0.6 is 0 Å². The molecule has 1 saturated carbocycles. The summed E-state index contributed by atoms with van der Waals surface area (Å²) in [6.07, 6.45) is 5.32. The third-order valence-corrected chi connectivity index (χ3v) is 10.2. The maximum absolute atomic E-state index is 14.7. The first-order chi connectivity index (χ1) is 22.9. The van der Waals surface area contributed by atoms with Crippen LogP contribution in [0.5, 0.6) is 11.5 Å². The first-order valence-corrected chi connectivity index (χ1v) is 17.0. The van der Waals surface area contributed by atoms with E-state index in [2.05, 4.69) is 44.1 Å². The number of carbonyl (C=O) groups is 2. The van der Waals surface area contributed by atoms with E-state index in [1.807, 2.05) is 54.6 Å². The van der Waals surface area contributed by atoms with Crippen molar-refractivity contribution in [1.82, 2.24) is 20.1 Å². The second kappa shape index (κ2) is 13.3. The highest BCUT2D eigenvalue weighted by atomic mass is 16.5. The smallest absolute Gasteiger partial charge is 0.243 e. The van der Waals surface area contributed by atoms with Gasteiger partial charge in [0.25, 0.3) is 0 Å². The SMILES string of the molecule is C=CC1CC1(NC(=O)[C@@H]1C[C@@H](Oc2cc(-c3ccccc3)nc3cc(OC)ccc23)CN1C(=O)[C@@H](N1CCCCC1)C(C)(C)C)C(=C)O. The van der Waals surface area contributed by atoms with Crippen molar-refractivity contribution < 1.29 is 24.2 Å². The molecule has 2 saturated heterocycles. The zero-order chi connectivity index (χ0) is 34.2. The Balaban J connectivity index is 1.35. The Morgan fingerprint density at radius 1 is 1.10 bits per heavy atom. The summed E-state index contributed by atoms with van der Waals surface area (Å²) in [4.78, 5) is 37.8. The number of ether oxygens (including phenoxy) is 2. The van der Waals surface area contributed by atoms with Crippen molar-refractivity contribution in [2.24, 2.45) is 11.3 Å². The number of fused-ring (bicyclic) bond motifs is 1. The van der Waals surface area contributed by atoms with Gasteiger partial charge in [-0.3, -0.25) is 14.5 Å². The number of aliphatic hydroxyl groups excluding tert-OH is 1. The molecule has 3 aliphatic rings. The van der Waals surface area contributed by atoms with E-state index in [4.69, 9.17) is 14.5 Å². The number of benzene rings is 2. The summed E-state index contributed by atoms with van der Waals surface area (Å²) in [5.41, 5.74) is 1.09. The number of pyridine rings is 1. The van der Waals surface area contributed by atoms with Crippen molar-refractivity contribution in [3.05, 3.63) is 79.6 Å². The Labute approximate surface area is 283 Å². The quantitative estimate of drug-likeness (QED) is 0.196. The van der Waals surface area contributed by atoms with Crippen LogP contribution in [0.15, 0.2) is 79.6 Å². The van der Waals surface area contributed by atoms with E-state index in [1.165, 1.54) is 0 Å². The number of hydrogen-bond acceptors (Lipinski definition) is 7. The molecule has 5 atom stereocenters. The van der Waals surface area contributed by atoms with Crippen molar-refractivity contribution in [2.45, 2.75) is 76.6 Å². The summed E-state index contributed by atoms with van der Waals surface area (Å²) in [6.45, 7) is 15.8. The fraction of sp³-hybridized carbons (Fsp3) is 0.462. The van der Waals surface area contributed by atoms with E-state index in [1.54, 1.807) is 18.1 Å². The number of piperidine rings is 1. The molecule has 3 heterocycles. The molecule has 2 N–H and O–H groups in total. The summed E-state index contributed by atoms with van der Waals surface area (Å²) >= 11 is 0. The lowest BCUT2D eigenvalue weighted by atomic mass is 9.83. The molecule has 0 radical (unpaired) electrons. The molecule has 1 aromatic heterocycles. The van der Waals surface area contributed by atoms with E-state index >= 15 is 0 Å². The van der Waals surface area contributed by atoms with Gasteiger partial charge < -0.3 is 24.8 Å². The molecule has 2 unspecified atom stereocenters. The number of likely N-dealkylation sites (tertiary alicyclic amines) is 2. The molecule has 0 spiro atoms. The Bertz CT molecular complexity index is 1700. The monoisotopic (exact) mass is 652 g/mol. The highest BCUT2D eigenvalue weighted by Crippen LogP contribution is 2.48. The minimum absolute atomic E-state index is 0.0714. The van der Waals surface area contributed by atoms with Crippen molar-refractivity contribution in [3.8, 4) is 22.8 Å². The van der Waals surface area contributed by atoms with Crippen LogP contribution in [0.1, 0.15) is 52.9 Å². The Hall–Kier alpha value is -4.37. The number of carbonyl (C=O) groups excluding carboxylic acids is 2. The minimum Gasteiger partial charge on any atom is -0.510 e. The number of aromatic nitrogens is 1.